The standard InChI is InChI=1S/C25H38N4O6/c1-14(2)12-19(23(32)28-20(25(34)35)13-16-7-9-17(30)10-8-16)27-24(33)21(15(3)4)29-22(31)18-6-5-11-26-18/h7-10,14-15,18-21,26,30H,5-6,11-13H2,1-4H3,(H,27,33)(H,28,32)(H,29,31)(H,34,35). The molecule has 0 saturated carbocycles. The van der Waals surface area contributed by atoms with E-state index in [1.54, 1.807) is 12.1 Å². The van der Waals surface area contributed by atoms with Crippen LogP contribution in [0.15, 0.2) is 24.3 Å². The zero-order chi connectivity index (χ0) is 26.1. The second-order valence-corrected chi connectivity index (χ2v) is 9.84. The van der Waals surface area contributed by atoms with Crippen LogP contribution < -0.4 is 21.3 Å². The molecule has 35 heavy (non-hydrogen) atoms. The number of aromatic hydroxyl groups is 1. The van der Waals surface area contributed by atoms with Crippen LogP contribution in [0.2, 0.25) is 0 Å². The van der Waals surface area contributed by atoms with E-state index in [4.69, 9.17) is 0 Å². The molecule has 1 aliphatic rings. The summed E-state index contributed by atoms with van der Waals surface area (Å²) in [6, 6.07) is 2.70. The van der Waals surface area contributed by atoms with E-state index < -0.39 is 35.9 Å². The van der Waals surface area contributed by atoms with Crippen molar-refractivity contribution in [2.75, 3.05) is 6.54 Å². The van der Waals surface area contributed by atoms with Crippen LogP contribution in [0.4, 0.5) is 0 Å². The number of benzene rings is 1. The molecule has 1 fully saturated rings. The monoisotopic (exact) mass is 490 g/mol. The lowest BCUT2D eigenvalue weighted by molar-refractivity contribution is -0.142. The Kier molecular flexibility index (Phi) is 10.5. The third-order valence-corrected chi connectivity index (χ3v) is 5.95. The van der Waals surface area contributed by atoms with Gasteiger partial charge in [-0.2, -0.15) is 0 Å². The summed E-state index contributed by atoms with van der Waals surface area (Å²) in [5.74, 6) is -2.67. The summed E-state index contributed by atoms with van der Waals surface area (Å²) in [7, 11) is 0. The zero-order valence-corrected chi connectivity index (χ0v) is 20.8. The van der Waals surface area contributed by atoms with Gasteiger partial charge in [0.25, 0.3) is 0 Å². The topological polar surface area (TPSA) is 157 Å². The van der Waals surface area contributed by atoms with Gasteiger partial charge in [0.05, 0.1) is 6.04 Å². The van der Waals surface area contributed by atoms with Crippen molar-refractivity contribution in [3.63, 3.8) is 0 Å². The number of carboxylic acid groups (broad SMARTS) is 1. The van der Waals surface area contributed by atoms with E-state index in [1.807, 2.05) is 27.7 Å². The molecule has 0 spiro atoms. The van der Waals surface area contributed by atoms with Crippen molar-refractivity contribution in [1.29, 1.82) is 0 Å². The lowest BCUT2D eigenvalue weighted by Crippen LogP contribution is -2.58. The van der Waals surface area contributed by atoms with Crippen molar-refractivity contribution < 1.29 is 29.4 Å². The lowest BCUT2D eigenvalue weighted by atomic mass is 9.99. The molecule has 194 valence electrons. The summed E-state index contributed by atoms with van der Waals surface area (Å²) in [5.41, 5.74) is 0.628. The van der Waals surface area contributed by atoms with Crippen molar-refractivity contribution in [3.05, 3.63) is 29.8 Å². The van der Waals surface area contributed by atoms with Crippen LogP contribution in [0.3, 0.4) is 0 Å². The minimum atomic E-state index is -1.22. The first-order valence-electron chi connectivity index (χ1n) is 12.1. The Labute approximate surface area is 206 Å². The van der Waals surface area contributed by atoms with Crippen molar-refractivity contribution in [2.45, 2.75) is 77.5 Å². The Hall–Kier alpha value is -3.14. The number of nitrogens with one attached hydrogen (secondary N) is 4. The third kappa shape index (κ3) is 8.86. The second-order valence-electron chi connectivity index (χ2n) is 9.84. The molecule has 3 amide bonds. The maximum absolute atomic E-state index is 13.1. The van der Waals surface area contributed by atoms with E-state index in [0.717, 1.165) is 13.0 Å². The van der Waals surface area contributed by atoms with Gasteiger partial charge < -0.3 is 31.5 Å². The molecule has 1 aromatic rings. The van der Waals surface area contributed by atoms with E-state index in [2.05, 4.69) is 21.3 Å². The van der Waals surface area contributed by atoms with E-state index >= 15 is 0 Å². The highest BCUT2D eigenvalue weighted by molar-refractivity contribution is 5.94. The number of carboxylic acids is 1. The molecule has 6 N–H and O–H groups in total. The largest absolute Gasteiger partial charge is 0.508 e. The minimum Gasteiger partial charge on any atom is -0.508 e. The maximum atomic E-state index is 13.1. The van der Waals surface area contributed by atoms with Gasteiger partial charge >= 0.3 is 5.97 Å². The fourth-order valence-electron chi connectivity index (χ4n) is 4.00. The Bertz CT molecular complexity index is 880. The summed E-state index contributed by atoms with van der Waals surface area (Å²) < 4.78 is 0. The third-order valence-electron chi connectivity index (χ3n) is 5.95. The van der Waals surface area contributed by atoms with Crippen LogP contribution in [0.5, 0.6) is 5.75 Å². The average molecular weight is 491 g/mol. The number of carbonyl (C=O) groups is 4. The second kappa shape index (κ2) is 13.1. The van der Waals surface area contributed by atoms with Crippen LogP contribution in [0.1, 0.15) is 52.5 Å². The van der Waals surface area contributed by atoms with Gasteiger partial charge in [-0.15, -0.1) is 0 Å². The summed E-state index contributed by atoms with van der Waals surface area (Å²) in [6.45, 7) is 8.16. The normalized spacial score (nSPS) is 18.1. The molecule has 0 aromatic heterocycles. The molecule has 0 aliphatic carbocycles. The number of phenolic OH excluding ortho intramolecular Hbond substituents is 1. The van der Waals surface area contributed by atoms with Gasteiger partial charge in [-0.25, -0.2) is 4.79 Å². The first-order chi connectivity index (χ1) is 16.5. The van der Waals surface area contributed by atoms with Gasteiger partial charge in [0, 0.05) is 6.42 Å². The molecule has 1 aliphatic heterocycles. The van der Waals surface area contributed by atoms with Crippen LogP contribution in [-0.2, 0) is 25.6 Å². The summed E-state index contributed by atoms with van der Waals surface area (Å²) >= 11 is 0. The number of hydrogen-bond donors (Lipinski definition) is 6. The number of hydrogen-bond acceptors (Lipinski definition) is 6. The molecule has 1 aromatic carbocycles. The molecule has 10 nitrogen and oxygen atoms in total. The maximum Gasteiger partial charge on any atom is 0.326 e. The van der Waals surface area contributed by atoms with E-state index in [9.17, 15) is 29.4 Å². The molecule has 0 radical (unpaired) electrons. The van der Waals surface area contributed by atoms with Gasteiger partial charge in [-0.1, -0.05) is 39.8 Å². The number of phenols is 1. The van der Waals surface area contributed by atoms with Crippen molar-refractivity contribution >= 4 is 23.7 Å². The Morgan fingerprint density at radius 3 is 2.11 bits per heavy atom. The number of aliphatic carboxylic acids is 1. The van der Waals surface area contributed by atoms with Gasteiger partial charge in [0.15, 0.2) is 0 Å². The predicted octanol–water partition coefficient (Wildman–Crippen LogP) is 0.928. The highest BCUT2D eigenvalue weighted by atomic mass is 16.4. The predicted molar refractivity (Wildman–Crippen MR) is 131 cm³/mol. The van der Waals surface area contributed by atoms with E-state index in [-0.39, 0.29) is 36.0 Å². The number of carbonyl (C=O) groups excluding carboxylic acids is 3. The highest BCUT2D eigenvalue weighted by Crippen LogP contribution is 2.13. The van der Waals surface area contributed by atoms with Gasteiger partial charge in [-0.3, -0.25) is 14.4 Å². The molecule has 0 bridgehead atoms. The van der Waals surface area contributed by atoms with Gasteiger partial charge in [-0.05, 0) is 55.3 Å². The molecular formula is C25H38N4O6. The first kappa shape index (κ1) is 28.1. The first-order valence-corrected chi connectivity index (χ1v) is 12.1. The molecule has 2 rings (SSSR count). The zero-order valence-electron chi connectivity index (χ0n) is 20.8. The average Bonchev–Trinajstić information content (AvgIpc) is 3.32. The molecule has 4 atom stereocenters. The quantitative estimate of drug-likeness (QED) is 0.254. The Morgan fingerprint density at radius 2 is 1.60 bits per heavy atom. The van der Waals surface area contributed by atoms with E-state index in [0.29, 0.717) is 18.4 Å². The fourth-order valence-corrected chi connectivity index (χ4v) is 4.00. The van der Waals surface area contributed by atoms with Gasteiger partial charge in [0.1, 0.15) is 23.9 Å². The molecule has 1 heterocycles. The van der Waals surface area contributed by atoms with Crippen molar-refractivity contribution in [1.82, 2.24) is 21.3 Å². The summed E-state index contributed by atoms with van der Waals surface area (Å²) in [4.78, 5) is 50.6. The van der Waals surface area contributed by atoms with E-state index in [1.165, 1.54) is 12.1 Å². The SMILES string of the molecule is CC(C)CC(NC(=O)C(NC(=O)C1CCCN1)C(C)C)C(=O)NC(Cc1ccc(O)cc1)C(=O)O. The van der Waals surface area contributed by atoms with Crippen molar-refractivity contribution in [2.24, 2.45) is 11.8 Å². The van der Waals surface area contributed by atoms with Crippen LogP contribution in [-0.4, -0.2) is 64.6 Å². The van der Waals surface area contributed by atoms with Gasteiger partial charge in [0.2, 0.25) is 17.7 Å². The smallest absolute Gasteiger partial charge is 0.326 e. The van der Waals surface area contributed by atoms with Crippen molar-refractivity contribution in [3.8, 4) is 5.75 Å². The molecular weight excluding hydrogens is 452 g/mol. The minimum absolute atomic E-state index is 0.0166. The number of rotatable bonds is 12. The fraction of sp³-hybridized carbons (Fsp3) is 0.600. The number of amides is 3. The molecule has 1 saturated heterocycles. The Morgan fingerprint density at radius 1 is 0.971 bits per heavy atom. The summed E-state index contributed by atoms with van der Waals surface area (Å²) in [6.07, 6.45) is 1.91. The molecule has 10 heteroatoms. The molecule has 4 unspecified atom stereocenters. The Balaban J connectivity index is 2.10. The highest BCUT2D eigenvalue weighted by Gasteiger charge is 2.33. The summed E-state index contributed by atoms with van der Waals surface area (Å²) in [5, 5.41) is 30.2. The van der Waals surface area contributed by atoms with Crippen LogP contribution in [0, 0.1) is 11.8 Å². The lowest BCUT2D eigenvalue weighted by Gasteiger charge is -2.27. The van der Waals surface area contributed by atoms with Crippen LogP contribution >= 0.6 is 0 Å². The van der Waals surface area contributed by atoms with Crippen LogP contribution in [0.25, 0.3) is 0 Å².